The van der Waals surface area contributed by atoms with Crippen molar-refractivity contribution >= 4 is 10.9 Å². The molecule has 33 heavy (non-hydrogen) atoms. The molecule has 1 fully saturated rings. The molecule has 2 aromatic carbocycles. The molecular formula is C26H30F4N2O. The van der Waals surface area contributed by atoms with Gasteiger partial charge in [-0.1, -0.05) is 12.1 Å². The summed E-state index contributed by atoms with van der Waals surface area (Å²) in [6.45, 7) is 4.44. The number of rotatable bonds is 6. The van der Waals surface area contributed by atoms with Crippen molar-refractivity contribution in [1.82, 2.24) is 9.47 Å². The van der Waals surface area contributed by atoms with Gasteiger partial charge in [-0.05, 0) is 87.3 Å². The van der Waals surface area contributed by atoms with Crippen molar-refractivity contribution in [3.63, 3.8) is 0 Å². The molecule has 0 radical (unpaired) electrons. The molecule has 3 aromatic rings. The summed E-state index contributed by atoms with van der Waals surface area (Å²) >= 11 is 0. The number of hydrogen-bond acceptors (Lipinski definition) is 2. The molecule has 0 atom stereocenters. The number of alkyl halides is 3. The zero-order valence-electron chi connectivity index (χ0n) is 19.3. The second kappa shape index (κ2) is 9.11. The summed E-state index contributed by atoms with van der Waals surface area (Å²) < 4.78 is 62.0. The molecule has 2 heterocycles. The Morgan fingerprint density at radius 3 is 2.33 bits per heavy atom. The topological polar surface area (TPSA) is 17.4 Å². The molecule has 7 heteroatoms. The van der Waals surface area contributed by atoms with Gasteiger partial charge in [-0.2, -0.15) is 13.2 Å². The summed E-state index contributed by atoms with van der Waals surface area (Å²) in [6.07, 6.45) is -0.374. The minimum absolute atomic E-state index is 0.217. The normalized spacial score (nSPS) is 17.1. The highest BCUT2D eigenvalue weighted by Crippen LogP contribution is 2.37. The Bertz CT molecular complexity index is 1110. The fraction of sp³-hybridized carbons (Fsp3) is 0.462. The maximum Gasteiger partial charge on any atom is 0.416 e. The summed E-state index contributed by atoms with van der Waals surface area (Å²) in [4.78, 5) is 2.26. The highest BCUT2D eigenvalue weighted by Gasteiger charge is 2.36. The van der Waals surface area contributed by atoms with E-state index < -0.39 is 11.7 Å². The number of piperidine rings is 1. The van der Waals surface area contributed by atoms with E-state index in [4.69, 9.17) is 4.74 Å². The van der Waals surface area contributed by atoms with E-state index in [1.807, 2.05) is 36.9 Å². The van der Waals surface area contributed by atoms with Crippen LogP contribution < -0.4 is 0 Å². The molecule has 0 bridgehead atoms. The maximum atomic E-state index is 13.5. The van der Waals surface area contributed by atoms with Crippen LogP contribution >= 0.6 is 0 Å². The average Bonchev–Trinajstić information content (AvgIpc) is 3.06. The fourth-order valence-electron chi connectivity index (χ4n) is 5.01. The van der Waals surface area contributed by atoms with Crippen LogP contribution in [0.1, 0.15) is 35.1 Å². The van der Waals surface area contributed by atoms with Gasteiger partial charge in [-0.3, -0.25) is 0 Å². The van der Waals surface area contributed by atoms with Gasteiger partial charge in [0, 0.05) is 24.0 Å². The first-order chi connectivity index (χ1) is 15.6. The Morgan fingerprint density at radius 1 is 1.03 bits per heavy atom. The van der Waals surface area contributed by atoms with Crippen LogP contribution in [0.2, 0.25) is 0 Å². The lowest BCUT2D eigenvalue weighted by atomic mass is 9.73. The second-order valence-corrected chi connectivity index (χ2v) is 9.35. The highest BCUT2D eigenvalue weighted by molar-refractivity contribution is 5.87. The van der Waals surface area contributed by atoms with Crippen molar-refractivity contribution in [3.8, 4) is 0 Å². The van der Waals surface area contributed by atoms with Gasteiger partial charge < -0.3 is 14.2 Å². The number of benzene rings is 2. The molecule has 0 unspecified atom stereocenters. The van der Waals surface area contributed by atoms with E-state index in [1.54, 1.807) is 0 Å². The van der Waals surface area contributed by atoms with Crippen molar-refractivity contribution in [1.29, 1.82) is 0 Å². The fourth-order valence-corrected chi connectivity index (χ4v) is 5.01. The van der Waals surface area contributed by atoms with Gasteiger partial charge in [0.05, 0.1) is 24.3 Å². The average molecular weight is 463 g/mol. The monoisotopic (exact) mass is 462 g/mol. The quantitative estimate of drug-likeness (QED) is 0.337. The molecule has 1 aromatic heterocycles. The molecule has 1 aliphatic heterocycles. The molecule has 3 nitrogen and oxygen atoms in total. The van der Waals surface area contributed by atoms with E-state index in [9.17, 15) is 17.6 Å². The van der Waals surface area contributed by atoms with Gasteiger partial charge in [0.25, 0.3) is 0 Å². The number of ether oxygens (including phenoxy) is 1. The lowest BCUT2D eigenvalue weighted by Gasteiger charge is -2.41. The third-order valence-electron chi connectivity index (χ3n) is 6.98. The van der Waals surface area contributed by atoms with Crippen LogP contribution in [0.25, 0.3) is 10.9 Å². The SMILES string of the molecule is Cc1cn(C)c2c(CCOCC3(c4ccc(F)cc4)CCN(C)CC3)cc(C(F)(F)F)cc12. The summed E-state index contributed by atoms with van der Waals surface area (Å²) in [6, 6.07) is 9.09. The van der Waals surface area contributed by atoms with Crippen LogP contribution in [0.3, 0.4) is 0 Å². The van der Waals surface area contributed by atoms with Crippen LogP contribution in [0.15, 0.2) is 42.6 Å². The number of fused-ring (bicyclic) bond motifs is 1. The van der Waals surface area contributed by atoms with Gasteiger partial charge in [0.1, 0.15) is 5.82 Å². The maximum absolute atomic E-state index is 13.5. The summed E-state index contributed by atoms with van der Waals surface area (Å²) in [5, 5.41) is 0.625. The van der Waals surface area contributed by atoms with E-state index in [0.29, 0.717) is 30.6 Å². The first-order valence-electron chi connectivity index (χ1n) is 11.3. The van der Waals surface area contributed by atoms with Crippen molar-refractivity contribution in [2.24, 2.45) is 7.05 Å². The van der Waals surface area contributed by atoms with Gasteiger partial charge in [0.2, 0.25) is 0 Å². The Morgan fingerprint density at radius 2 is 1.70 bits per heavy atom. The van der Waals surface area contributed by atoms with Crippen molar-refractivity contribution in [2.75, 3.05) is 33.4 Å². The van der Waals surface area contributed by atoms with Crippen LogP contribution in [0.4, 0.5) is 17.6 Å². The number of likely N-dealkylation sites (tertiary alicyclic amines) is 1. The molecule has 0 amide bonds. The highest BCUT2D eigenvalue weighted by atomic mass is 19.4. The predicted molar refractivity (Wildman–Crippen MR) is 122 cm³/mol. The summed E-state index contributed by atoms with van der Waals surface area (Å²) in [7, 11) is 3.94. The molecule has 0 aliphatic carbocycles. The van der Waals surface area contributed by atoms with Crippen molar-refractivity contribution in [2.45, 2.75) is 37.8 Å². The van der Waals surface area contributed by atoms with E-state index in [-0.39, 0.29) is 11.2 Å². The van der Waals surface area contributed by atoms with E-state index in [1.165, 1.54) is 24.3 Å². The lowest BCUT2D eigenvalue weighted by molar-refractivity contribution is -0.137. The molecule has 1 aliphatic rings. The third kappa shape index (κ3) is 4.94. The molecular weight excluding hydrogens is 432 g/mol. The number of halogens is 4. The van der Waals surface area contributed by atoms with Crippen molar-refractivity contribution in [3.05, 3.63) is 70.7 Å². The number of aryl methyl sites for hydroxylation is 2. The van der Waals surface area contributed by atoms with E-state index >= 15 is 0 Å². The number of hydrogen-bond donors (Lipinski definition) is 0. The van der Waals surface area contributed by atoms with Gasteiger partial charge in [0.15, 0.2) is 0 Å². The zero-order chi connectivity index (χ0) is 23.8. The Kier molecular flexibility index (Phi) is 6.56. The molecule has 0 spiro atoms. The Hall–Kier alpha value is -2.38. The van der Waals surface area contributed by atoms with Crippen LogP contribution in [-0.2, 0) is 29.8 Å². The van der Waals surface area contributed by atoms with Crippen molar-refractivity contribution < 1.29 is 22.3 Å². The minimum atomic E-state index is -4.40. The predicted octanol–water partition coefficient (Wildman–Crippen LogP) is 5.87. The smallest absolute Gasteiger partial charge is 0.380 e. The van der Waals surface area contributed by atoms with E-state index in [0.717, 1.165) is 42.6 Å². The molecule has 1 saturated heterocycles. The minimum Gasteiger partial charge on any atom is -0.380 e. The largest absolute Gasteiger partial charge is 0.416 e. The van der Waals surface area contributed by atoms with Gasteiger partial charge in [-0.15, -0.1) is 0 Å². The Labute approximate surface area is 191 Å². The summed E-state index contributed by atoms with van der Waals surface area (Å²) in [5.74, 6) is -0.269. The third-order valence-corrected chi connectivity index (χ3v) is 6.98. The number of aromatic nitrogens is 1. The van der Waals surface area contributed by atoms with Gasteiger partial charge in [-0.25, -0.2) is 4.39 Å². The van der Waals surface area contributed by atoms with Crippen LogP contribution in [-0.4, -0.2) is 42.8 Å². The molecule has 4 rings (SSSR count). The summed E-state index contributed by atoms with van der Waals surface area (Å²) in [5.41, 5.74) is 2.48. The second-order valence-electron chi connectivity index (χ2n) is 9.35. The van der Waals surface area contributed by atoms with Crippen LogP contribution in [0.5, 0.6) is 0 Å². The zero-order valence-corrected chi connectivity index (χ0v) is 19.3. The van der Waals surface area contributed by atoms with Crippen LogP contribution in [0, 0.1) is 12.7 Å². The lowest BCUT2D eigenvalue weighted by Crippen LogP contribution is -2.44. The molecule has 178 valence electrons. The first-order valence-corrected chi connectivity index (χ1v) is 11.3. The van der Waals surface area contributed by atoms with Gasteiger partial charge >= 0.3 is 6.18 Å². The Balaban J connectivity index is 1.53. The van der Waals surface area contributed by atoms with E-state index in [2.05, 4.69) is 11.9 Å². The first kappa shape index (κ1) is 23.8. The standard InChI is InChI=1S/C26H30F4N2O/c1-18-16-32(3)24-19(14-21(15-23(18)24)26(28,29)30)8-13-33-17-25(9-11-31(2)12-10-25)20-4-6-22(27)7-5-20/h4-7,14-16H,8-13,17H2,1-3H3. The molecule has 0 N–H and O–H groups in total. The number of nitrogens with zero attached hydrogens (tertiary/aromatic N) is 2. The molecule has 0 saturated carbocycles.